The maximum absolute atomic E-state index is 13.4. The Hall–Kier alpha value is -4.88. The molecule has 308 valence electrons. The van der Waals surface area contributed by atoms with Crippen LogP contribution in [0.4, 0.5) is 11.8 Å². The number of nitrogens with one attached hydrogen (secondary N) is 3. The predicted molar refractivity (Wildman–Crippen MR) is 192 cm³/mol. The lowest BCUT2D eigenvalue weighted by atomic mass is 10.1. The van der Waals surface area contributed by atoms with E-state index in [-0.39, 0.29) is 34.1 Å². The number of aliphatic hydroxyl groups excluding tert-OH is 2. The zero-order valence-corrected chi connectivity index (χ0v) is 31.8. The number of phosphoric acid groups is 2. The smallest absolute Gasteiger partial charge is 0.386 e. The van der Waals surface area contributed by atoms with E-state index >= 15 is 0 Å². The molecule has 2 unspecified atom stereocenters. The van der Waals surface area contributed by atoms with Crippen molar-refractivity contribution in [3.8, 4) is 0 Å². The van der Waals surface area contributed by atoms with Gasteiger partial charge in [0.1, 0.15) is 43.0 Å². The van der Waals surface area contributed by atoms with Crippen molar-refractivity contribution in [2.45, 2.75) is 62.9 Å². The van der Waals surface area contributed by atoms with Gasteiger partial charge in [-0.05, 0) is 12.1 Å². The Morgan fingerprint density at radius 2 is 1.40 bits per heavy atom. The molecule has 27 heteroatoms. The van der Waals surface area contributed by atoms with Crippen molar-refractivity contribution in [3.05, 3.63) is 65.2 Å². The monoisotopic (exact) mass is 848 g/mol. The van der Waals surface area contributed by atoms with Gasteiger partial charge in [-0.3, -0.25) is 51.9 Å². The van der Waals surface area contributed by atoms with Gasteiger partial charge in [-0.15, -0.1) is 0 Å². The first kappa shape index (κ1) is 39.9. The van der Waals surface area contributed by atoms with Crippen molar-refractivity contribution in [2.75, 3.05) is 23.8 Å². The molecular formula is C31H34N10O15P2. The van der Waals surface area contributed by atoms with Crippen LogP contribution in [-0.4, -0.2) is 121 Å². The second-order valence-electron chi connectivity index (χ2n) is 13.5. The van der Waals surface area contributed by atoms with Gasteiger partial charge in [0.2, 0.25) is 11.9 Å². The zero-order chi connectivity index (χ0) is 41.1. The molecule has 3 saturated heterocycles. The number of aromatic nitrogens is 8. The quantitative estimate of drug-likeness (QED) is 0.113. The number of imidazole rings is 2. The Kier molecular flexibility index (Phi) is 10.6. The summed E-state index contributed by atoms with van der Waals surface area (Å²) >= 11 is 0. The van der Waals surface area contributed by atoms with Crippen LogP contribution in [0.25, 0.3) is 22.3 Å². The number of aromatic amines is 1. The highest BCUT2D eigenvalue weighted by Gasteiger charge is 2.54. The molecule has 5 aromatic rings. The van der Waals surface area contributed by atoms with Crippen LogP contribution in [0.3, 0.4) is 0 Å². The fourth-order valence-corrected chi connectivity index (χ4v) is 8.39. The summed E-state index contributed by atoms with van der Waals surface area (Å²) in [6, 6.07) is 8.29. The second-order valence-corrected chi connectivity index (χ2v) is 16.3. The van der Waals surface area contributed by atoms with E-state index in [0.29, 0.717) is 5.56 Å². The Bertz CT molecular complexity index is 2540. The molecule has 25 nitrogen and oxygen atoms in total. The number of ether oxygens (including phenoxy) is 2. The predicted octanol–water partition coefficient (Wildman–Crippen LogP) is 0.341. The standard InChI is InChI=1S/C31H34N10O15P2/c1-13(2)26(44)38-31-37-25-18(28(46)39-31)35-12-41(25)30-20(43)22-16(54-30)9-52-57(47,48)55-21-15(8-51-58(49,50)56-22)53-29(19(21)42)40-11-34-17-23(32-10-33-24(17)40)36-27(45)14-6-4-3-5-7-14/h3-7,10-13,15-16,19-22,29-30,42-43H,8-9H2,1-2H3,(H,47,48)(H,49,50)(H,32,33,36,45)(H2,37,38,39,44,46)/t15-,16-,19-,20-,21-,22-,29-,30-/m1/s1. The van der Waals surface area contributed by atoms with Crippen molar-refractivity contribution in [2.24, 2.45) is 5.92 Å². The molecule has 10 atom stereocenters. The van der Waals surface area contributed by atoms with Gasteiger partial charge in [-0.1, -0.05) is 32.0 Å². The lowest BCUT2D eigenvalue weighted by Crippen LogP contribution is -2.39. The number of carbonyl (C=O) groups is 2. The molecule has 0 bridgehead atoms. The molecule has 0 spiro atoms. The maximum Gasteiger partial charge on any atom is 0.472 e. The summed E-state index contributed by atoms with van der Waals surface area (Å²) in [5, 5.41) is 27.9. The summed E-state index contributed by atoms with van der Waals surface area (Å²) in [7, 11) is -10.3. The van der Waals surface area contributed by atoms with Gasteiger partial charge in [-0.25, -0.2) is 29.1 Å². The number of nitrogens with zero attached hydrogens (tertiary/aromatic N) is 7. The molecule has 58 heavy (non-hydrogen) atoms. The summed E-state index contributed by atoms with van der Waals surface area (Å²) < 4.78 is 62.0. The number of H-pyrrole nitrogens is 1. The molecule has 3 aliphatic heterocycles. The van der Waals surface area contributed by atoms with E-state index in [9.17, 15) is 43.5 Å². The topological polar surface area (TPSA) is 336 Å². The van der Waals surface area contributed by atoms with Crippen molar-refractivity contribution in [1.82, 2.24) is 39.0 Å². The van der Waals surface area contributed by atoms with Crippen molar-refractivity contribution >= 4 is 61.6 Å². The van der Waals surface area contributed by atoms with E-state index in [1.54, 1.807) is 44.2 Å². The third kappa shape index (κ3) is 7.70. The number of hydrogen-bond donors (Lipinski definition) is 7. The molecule has 3 fully saturated rings. The van der Waals surface area contributed by atoms with Crippen LogP contribution in [0.15, 0.2) is 54.1 Å². The number of benzene rings is 1. The number of amides is 2. The Labute approximate surface area is 324 Å². The molecule has 3 aliphatic rings. The Balaban J connectivity index is 1.03. The van der Waals surface area contributed by atoms with E-state index in [2.05, 4.69) is 40.5 Å². The van der Waals surface area contributed by atoms with Gasteiger partial charge in [0, 0.05) is 11.5 Å². The highest BCUT2D eigenvalue weighted by molar-refractivity contribution is 7.47. The fourth-order valence-electron chi connectivity index (χ4n) is 6.46. The van der Waals surface area contributed by atoms with E-state index in [4.69, 9.17) is 27.6 Å². The maximum atomic E-state index is 13.4. The minimum atomic E-state index is -5.17. The first-order chi connectivity index (χ1) is 27.6. The van der Waals surface area contributed by atoms with Crippen LogP contribution < -0.4 is 16.2 Å². The molecule has 7 N–H and O–H groups in total. The van der Waals surface area contributed by atoms with Crippen molar-refractivity contribution in [1.29, 1.82) is 0 Å². The van der Waals surface area contributed by atoms with Gasteiger partial charge in [0.25, 0.3) is 11.5 Å². The summed E-state index contributed by atoms with van der Waals surface area (Å²) in [4.78, 5) is 82.7. The number of hydrogen-bond acceptors (Lipinski definition) is 18. The van der Waals surface area contributed by atoms with E-state index < -0.39 is 101 Å². The first-order valence-electron chi connectivity index (χ1n) is 17.4. The summed E-state index contributed by atoms with van der Waals surface area (Å²) in [5.74, 6) is -1.65. The highest BCUT2D eigenvalue weighted by Crippen LogP contribution is 2.53. The van der Waals surface area contributed by atoms with E-state index in [1.165, 1.54) is 10.9 Å². The third-order valence-electron chi connectivity index (χ3n) is 9.31. The zero-order valence-electron chi connectivity index (χ0n) is 30.0. The molecule has 1 aromatic carbocycles. The van der Waals surface area contributed by atoms with Crippen molar-refractivity contribution in [3.63, 3.8) is 0 Å². The molecule has 2 amide bonds. The lowest BCUT2D eigenvalue weighted by molar-refractivity contribution is -0.118. The number of anilines is 2. The van der Waals surface area contributed by atoms with Gasteiger partial charge < -0.3 is 34.8 Å². The van der Waals surface area contributed by atoms with E-state index in [1.807, 2.05) is 0 Å². The summed E-state index contributed by atoms with van der Waals surface area (Å²) in [6.07, 6.45) is -9.92. The number of fused-ring (bicyclic) bond motifs is 4. The molecule has 8 rings (SSSR count). The normalized spacial score (nSPS) is 31.7. The SMILES string of the molecule is CC(C)C(=O)Nc1nc2c(ncn2[C@@H]2O[C@@H]3COP(=O)(O)O[C@H]4[C@@H](O)[C@H](n5cnc6c(NC(=O)c7ccccc7)ncnc65)O[C@@H]4COP(=O)(O)O[C@H]3[C@H]2O)c(=O)[nH]1. The number of phosphoric ester groups is 2. The lowest BCUT2D eigenvalue weighted by Gasteiger charge is -2.27. The highest BCUT2D eigenvalue weighted by atomic mass is 31.2. The largest absolute Gasteiger partial charge is 0.472 e. The minimum absolute atomic E-state index is 0.0195. The van der Waals surface area contributed by atoms with Crippen LogP contribution in [0.2, 0.25) is 0 Å². The van der Waals surface area contributed by atoms with Crippen LogP contribution in [0.5, 0.6) is 0 Å². The van der Waals surface area contributed by atoms with Gasteiger partial charge in [-0.2, -0.15) is 4.98 Å². The van der Waals surface area contributed by atoms with Crippen LogP contribution >= 0.6 is 15.6 Å². The second kappa shape index (κ2) is 15.4. The third-order valence-corrected chi connectivity index (χ3v) is 11.3. The molecule has 7 heterocycles. The van der Waals surface area contributed by atoms with Crippen LogP contribution in [0, 0.1) is 5.92 Å². The molecular weight excluding hydrogens is 814 g/mol. The van der Waals surface area contributed by atoms with Gasteiger partial charge in [0.15, 0.2) is 40.6 Å². The molecule has 0 aliphatic carbocycles. The van der Waals surface area contributed by atoms with Crippen LogP contribution in [-0.2, 0) is 41.5 Å². The molecule has 0 radical (unpaired) electrons. The summed E-state index contributed by atoms with van der Waals surface area (Å²) in [5.41, 5.74) is -0.676. The van der Waals surface area contributed by atoms with E-state index in [0.717, 1.165) is 17.2 Å². The average molecular weight is 849 g/mol. The van der Waals surface area contributed by atoms with Crippen LogP contribution in [0.1, 0.15) is 36.7 Å². The van der Waals surface area contributed by atoms with Gasteiger partial charge in [0.05, 0.1) is 25.9 Å². The average Bonchev–Trinajstić information content (AvgIpc) is 3.94. The Morgan fingerprint density at radius 3 is 1.98 bits per heavy atom. The fraction of sp³-hybridized carbons (Fsp3) is 0.419. The molecule has 4 aromatic heterocycles. The van der Waals surface area contributed by atoms with Crippen molar-refractivity contribution < 1.29 is 66.3 Å². The summed E-state index contributed by atoms with van der Waals surface area (Å²) in [6.45, 7) is 1.45. The Morgan fingerprint density at radius 1 is 0.828 bits per heavy atom. The van der Waals surface area contributed by atoms with Gasteiger partial charge >= 0.3 is 15.6 Å². The number of aliphatic hydroxyl groups is 2. The first-order valence-corrected chi connectivity index (χ1v) is 20.4. The number of carbonyl (C=O) groups excluding carboxylic acids is 2. The number of rotatable bonds is 6. The minimum Gasteiger partial charge on any atom is -0.386 e. The molecule has 0 saturated carbocycles.